The van der Waals surface area contributed by atoms with E-state index in [1.54, 1.807) is 23.1 Å². The molecular weight excluding hydrogens is 509 g/mol. The maximum absolute atomic E-state index is 13.5. The summed E-state index contributed by atoms with van der Waals surface area (Å²) in [6.45, 7) is 3.10. The summed E-state index contributed by atoms with van der Waals surface area (Å²) in [4.78, 5) is 32.6. The van der Waals surface area contributed by atoms with Crippen LogP contribution in [0.1, 0.15) is 65.2 Å². The molecule has 0 N–H and O–H groups in total. The Morgan fingerprint density at radius 3 is 2.45 bits per heavy atom. The molecule has 1 saturated heterocycles. The minimum absolute atomic E-state index is 0.192. The summed E-state index contributed by atoms with van der Waals surface area (Å²) in [7, 11) is 0. The molecule has 206 valence electrons. The molecule has 0 spiro atoms. The monoisotopic (exact) mass is 541 g/mol. The molecule has 1 aliphatic carbocycles. The second-order valence-electron chi connectivity index (χ2n) is 11.0. The lowest BCUT2D eigenvalue weighted by atomic mass is 9.90. The van der Waals surface area contributed by atoms with Crippen molar-refractivity contribution in [3.05, 3.63) is 82.8 Å². The summed E-state index contributed by atoms with van der Waals surface area (Å²) >= 11 is 0. The van der Waals surface area contributed by atoms with Crippen LogP contribution in [-0.2, 0) is 16.0 Å². The number of likely N-dealkylation sites (tertiary alicyclic amines) is 1. The van der Waals surface area contributed by atoms with Gasteiger partial charge in [0.25, 0.3) is 11.6 Å². The number of piperidine rings is 1. The molecule has 1 aliphatic heterocycles. The van der Waals surface area contributed by atoms with Gasteiger partial charge in [0.15, 0.2) is 6.61 Å². The molecule has 1 amide bonds. The number of nitrogens with zero attached hydrogens (tertiary/aromatic N) is 3. The van der Waals surface area contributed by atoms with E-state index in [9.17, 15) is 14.0 Å². The number of rotatable bonds is 8. The Hall–Kier alpha value is -4.07. The highest BCUT2D eigenvalue weighted by atomic mass is 19.1. The van der Waals surface area contributed by atoms with Gasteiger partial charge in [0, 0.05) is 24.6 Å². The maximum atomic E-state index is 13.5. The number of hydrogen-bond donors (Lipinski definition) is 0. The average Bonchev–Trinajstić information content (AvgIpc) is 3.74. The van der Waals surface area contributed by atoms with Gasteiger partial charge in [-0.2, -0.15) is 0 Å². The normalized spacial score (nSPS) is 15.9. The predicted octanol–water partition coefficient (Wildman–Crippen LogP) is 6.24. The molecule has 2 aliphatic rings. The number of aromatic nitrogens is 2. The van der Waals surface area contributed by atoms with Crippen LogP contribution in [0.5, 0.6) is 0 Å². The van der Waals surface area contributed by atoms with Crippen molar-refractivity contribution in [2.45, 2.75) is 51.4 Å². The van der Waals surface area contributed by atoms with Gasteiger partial charge in [-0.25, -0.2) is 14.2 Å². The Labute approximate surface area is 232 Å². The zero-order valence-electron chi connectivity index (χ0n) is 22.6. The molecule has 6 rings (SSSR count). The number of hydrogen-bond acceptors (Lipinski definition) is 6. The number of amides is 1. The SMILES string of the molecule is Cc1ccc(CCC2CCN(C(=O)COC(=O)c3cc(-c4ccc(F)cc4)nc4onc(C5CC5)c34)CC2)cc1. The average molecular weight is 542 g/mol. The predicted molar refractivity (Wildman–Crippen MR) is 148 cm³/mol. The maximum Gasteiger partial charge on any atom is 0.339 e. The number of ether oxygens (including phenoxy) is 1. The van der Waals surface area contributed by atoms with E-state index in [0.29, 0.717) is 41.3 Å². The van der Waals surface area contributed by atoms with Gasteiger partial charge in [-0.1, -0.05) is 35.0 Å². The van der Waals surface area contributed by atoms with E-state index in [-0.39, 0.29) is 35.5 Å². The Morgan fingerprint density at radius 2 is 1.75 bits per heavy atom. The first-order valence-electron chi connectivity index (χ1n) is 14.0. The highest BCUT2D eigenvalue weighted by molar-refractivity contribution is 6.05. The lowest BCUT2D eigenvalue weighted by molar-refractivity contribution is -0.135. The molecule has 0 atom stereocenters. The van der Waals surface area contributed by atoms with Crippen LogP contribution in [-0.4, -0.2) is 46.6 Å². The standard InChI is InChI=1S/C32H32FN3O4/c1-20-2-4-21(5-3-20)6-7-22-14-16-36(17-15-22)28(37)19-39-32(38)26-18-27(23-10-12-25(33)13-11-23)34-31-29(26)30(35-40-31)24-8-9-24/h2-5,10-13,18,22,24H,6-9,14-17,19H2,1H3. The van der Waals surface area contributed by atoms with E-state index in [1.165, 1.54) is 23.3 Å². The number of aryl methyl sites for hydroxylation is 2. The van der Waals surface area contributed by atoms with E-state index in [4.69, 9.17) is 9.26 Å². The third kappa shape index (κ3) is 5.76. The topological polar surface area (TPSA) is 85.5 Å². The highest BCUT2D eigenvalue weighted by Crippen LogP contribution is 2.43. The Morgan fingerprint density at radius 1 is 1.02 bits per heavy atom. The Kier molecular flexibility index (Phi) is 7.32. The van der Waals surface area contributed by atoms with Gasteiger partial charge in [-0.15, -0.1) is 0 Å². The van der Waals surface area contributed by atoms with Crippen molar-refractivity contribution in [3.8, 4) is 11.3 Å². The molecule has 2 aromatic heterocycles. The lowest BCUT2D eigenvalue weighted by Gasteiger charge is -2.32. The van der Waals surface area contributed by atoms with Gasteiger partial charge in [0.05, 0.1) is 22.3 Å². The van der Waals surface area contributed by atoms with Crippen molar-refractivity contribution >= 4 is 23.0 Å². The zero-order valence-corrected chi connectivity index (χ0v) is 22.6. The fourth-order valence-electron chi connectivity index (χ4n) is 5.43. The number of benzene rings is 2. The van der Waals surface area contributed by atoms with E-state index >= 15 is 0 Å². The largest absolute Gasteiger partial charge is 0.452 e. The summed E-state index contributed by atoms with van der Waals surface area (Å²) in [5, 5.41) is 4.71. The van der Waals surface area contributed by atoms with Crippen LogP contribution in [0.4, 0.5) is 4.39 Å². The number of fused-ring (bicyclic) bond motifs is 1. The van der Waals surface area contributed by atoms with Crippen molar-refractivity contribution in [1.29, 1.82) is 0 Å². The quantitative estimate of drug-likeness (QED) is 0.245. The van der Waals surface area contributed by atoms with Crippen LogP contribution in [0.15, 0.2) is 59.1 Å². The van der Waals surface area contributed by atoms with Crippen LogP contribution in [0, 0.1) is 18.7 Å². The summed E-state index contributed by atoms with van der Waals surface area (Å²) in [6, 6.07) is 16.1. The van der Waals surface area contributed by atoms with Gasteiger partial charge >= 0.3 is 5.97 Å². The molecule has 2 aromatic carbocycles. The lowest BCUT2D eigenvalue weighted by Crippen LogP contribution is -2.40. The second-order valence-corrected chi connectivity index (χ2v) is 11.0. The molecule has 4 aromatic rings. The number of carbonyl (C=O) groups excluding carboxylic acids is 2. The fourth-order valence-corrected chi connectivity index (χ4v) is 5.43. The fraction of sp³-hybridized carbons (Fsp3) is 0.375. The first-order chi connectivity index (χ1) is 19.4. The van der Waals surface area contributed by atoms with Gasteiger partial charge in [-0.3, -0.25) is 4.79 Å². The Balaban J connectivity index is 1.09. The zero-order chi connectivity index (χ0) is 27.6. The molecular formula is C32H32FN3O4. The Bertz CT molecular complexity index is 1520. The molecule has 40 heavy (non-hydrogen) atoms. The van der Waals surface area contributed by atoms with Crippen LogP contribution < -0.4 is 0 Å². The summed E-state index contributed by atoms with van der Waals surface area (Å²) in [5.41, 5.74) is 4.87. The molecule has 2 fully saturated rings. The van der Waals surface area contributed by atoms with Gasteiger partial charge < -0.3 is 14.2 Å². The first-order valence-corrected chi connectivity index (χ1v) is 14.0. The molecule has 0 radical (unpaired) electrons. The number of pyridine rings is 1. The molecule has 7 nitrogen and oxygen atoms in total. The van der Waals surface area contributed by atoms with Crippen molar-refractivity contribution in [1.82, 2.24) is 15.0 Å². The van der Waals surface area contributed by atoms with Crippen molar-refractivity contribution < 1.29 is 23.2 Å². The molecule has 0 unspecified atom stereocenters. The number of carbonyl (C=O) groups is 2. The van der Waals surface area contributed by atoms with Gasteiger partial charge in [0.2, 0.25) is 0 Å². The van der Waals surface area contributed by atoms with E-state index < -0.39 is 5.97 Å². The second kappa shape index (κ2) is 11.2. The molecule has 8 heteroatoms. The third-order valence-electron chi connectivity index (χ3n) is 8.05. The summed E-state index contributed by atoms with van der Waals surface area (Å²) in [6.07, 6.45) is 5.98. The van der Waals surface area contributed by atoms with E-state index in [2.05, 4.69) is 41.3 Å². The van der Waals surface area contributed by atoms with E-state index in [1.807, 2.05) is 0 Å². The minimum Gasteiger partial charge on any atom is -0.452 e. The van der Waals surface area contributed by atoms with Crippen LogP contribution >= 0.6 is 0 Å². The molecule has 3 heterocycles. The van der Waals surface area contributed by atoms with Crippen molar-refractivity contribution in [3.63, 3.8) is 0 Å². The van der Waals surface area contributed by atoms with Crippen LogP contribution in [0.2, 0.25) is 0 Å². The van der Waals surface area contributed by atoms with Gasteiger partial charge in [0.1, 0.15) is 5.82 Å². The van der Waals surface area contributed by atoms with Crippen LogP contribution in [0.25, 0.3) is 22.4 Å². The number of esters is 1. The third-order valence-corrected chi connectivity index (χ3v) is 8.05. The smallest absolute Gasteiger partial charge is 0.339 e. The van der Waals surface area contributed by atoms with Gasteiger partial charge in [-0.05, 0) is 87.3 Å². The highest BCUT2D eigenvalue weighted by Gasteiger charge is 2.33. The minimum atomic E-state index is -0.623. The van der Waals surface area contributed by atoms with Crippen molar-refractivity contribution in [2.24, 2.45) is 5.92 Å². The first kappa shape index (κ1) is 26.2. The summed E-state index contributed by atoms with van der Waals surface area (Å²) in [5.74, 6) is -0.379. The molecule has 0 bridgehead atoms. The molecule has 1 saturated carbocycles. The number of halogens is 1. The summed E-state index contributed by atoms with van der Waals surface area (Å²) < 4.78 is 24.5. The van der Waals surface area contributed by atoms with Crippen LogP contribution in [0.3, 0.4) is 0 Å². The van der Waals surface area contributed by atoms with Crippen molar-refractivity contribution in [2.75, 3.05) is 19.7 Å². The van der Waals surface area contributed by atoms with E-state index in [0.717, 1.165) is 38.5 Å².